The fourth-order valence-electron chi connectivity index (χ4n) is 2.70. The number of aryl methyl sites for hydroxylation is 2. The first-order valence-electron chi connectivity index (χ1n) is 7.48. The van der Waals surface area contributed by atoms with Crippen LogP contribution in [0.1, 0.15) is 5.56 Å². The zero-order chi connectivity index (χ0) is 16.7. The quantitative estimate of drug-likeness (QED) is 0.568. The molecule has 0 radical (unpaired) electrons. The van der Waals surface area contributed by atoms with Crippen molar-refractivity contribution in [2.75, 3.05) is 0 Å². The van der Waals surface area contributed by atoms with Gasteiger partial charge >= 0.3 is 0 Å². The fraction of sp³-hybridized carbons (Fsp3) is 0.111. The molecule has 118 valence electrons. The van der Waals surface area contributed by atoms with Crippen LogP contribution < -0.4 is 5.43 Å². The zero-order valence-electron chi connectivity index (χ0n) is 13.2. The molecule has 24 heavy (non-hydrogen) atoms. The van der Waals surface area contributed by atoms with Crippen LogP contribution in [0, 0.1) is 6.92 Å². The zero-order valence-corrected chi connectivity index (χ0v) is 13.2. The van der Waals surface area contributed by atoms with Gasteiger partial charge in [0.25, 0.3) is 5.89 Å². The lowest BCUT2D eigenvalue weighted by molar-refractivity contribution is 0.432. The van der Waals surface area contributed by atoms with E-state index in [9.17, 15) is 4.79 Å². The van der Waals surface area contributed by atoms with Gasteiger partial charge in [-0.1, -0.05) is 16.8 Å². The normalized spacial score (nSPS) is 11.1. The Morgan fingerprint density at radius 3 is 2.88 bits per heavy atom. The molecule has 6 heteroatoms. The van der Waals surface area contributed by atoms with E-state index in [0.717, 1.165) is 16.6 Å². The third kappa shape index (κ3) is 2.28. The second kappa shape index (κ2) is 5.42. The van der Waals surface area contributed by atoms with Crippen molar-refractivity contribution in [3.63, 3.8) is 0 Å². The molecule has 0 spiro atoms. The monoisotopic (exact) mass is 318 g/mol. The molecular weight excluding hydrogens is 304 g/mol. The summed E-state index contributed by atoms with van der Waals surface area (Å²) in [6, 6.07) is 9.42. The summed E-state index contributed by atoms with van der Waals surface area (Å²) in [5.74, 6) is 0.613. The Labute approximate surface area is 137 Å². The number of aromatic nitrogens is 4. The topological polar surface area (TPSA) is 73.8 Å². The van der Waals surface area contributed by atoms with Crippen LogP contribution in [0.25, 0.3) is 33.7 Å². The maximum atomic E-state index is 12.8. The van der Waals surface area contributed by atoms with Crippen LogP contribution in [0.5, 0.6) is 0 Å². The van der Waals surface area contributed by atoms with Gasteiger partial charge in [-0.05, 0) is 31.2 Å². The molecule has 0 unspecified atom stereocenters. The minimum Gasteiger partial charge on any atom is -0.350 e. The summed E-state index contributed by atoms with van der Waals surface area (Å²) in [5.41, 5.74) is 2.90. The molecule has 6 nitrogen and oxygen atoms in total. The molecule has 0 fully saturated rings. The van der Waals surface area contributed by atoms with Crippen LogP contribution in [0.3, 0.4) is 0 Å². The lowest BCUT2D eigenvalue weighted by Crippen LogP contribution is -2.10. The van der Waals surface area contributed by atoms with Crippen molar-refractivity contribution < 1.29 is 4.52 Å². The number of fused-ring (bicyclic) bond motifs is 1. The summed E-state index contributed by atoms with van der Waals surface area (Å²) in [4.78, 5) is 21.2. The first-order chi connectivity index (χ1) is 11.6. The van der Waals surface area contributed by atoms with Gasteiger partial charge in [0, 0.05) is 36.6 Å². The van der Waals surface area contributed by atoms with Gasteiger partial charge in [0.1, 0.15) is 5.56 Å². The molecule has 0 aliphatic rings. The lowest BCUT2D eigenvalue weighted by atomic mass is 10.1. The van der Waals surface area contributed by atoms with Crippen molar-refractivity contribution in [3.05, 3.63) is 64.7 Å². The molecule has 1 aromatic carbocycles. The van der Waals surface area contributed by atoms with Gasteiger partial charge in [0.2, 0.25) is 11.3 Å². The van der Waals surface area contributed by atoms with E-state index in [0.29, 0.717) is 16.8 Å². The number of nitrogens with zero attached hydrogens (tertiary/aromatic N) is 4. The summed E-state index contributed by atoms with van der Waals surface area (Å²) in [7, 11) is 1.89. The molecule has 4 rings (SSSR count). The summed E-state index contributed by atoms with van der Waals surface area (Å²) in [5, 5.41) is 4.59. The van der Waals surface area contributed by atoms with E-state index in [4.69, 9.17) is 4.52 Å². The van der Waals surface area contributed by atoms with Gasteiger partial charge in [0.05, 0.1) is 5.52 Å². The number of hydrogen-bond donors (Lipinski definition) is 0. The van der Waals surface area contributed by atoms with Crippen molar-refractivity contribution >= 4 is 10.9 Å². The number of benzene rings is 1. The van der Waals surface area contributed by atoms with Crippen molar-refractivity contribution in [1.82, 2.24) is 19.7 Å². The standard InChI is InChI=1S/C18H14N4O2/c1-11-5-6-15-13(8-11)16(23)14(10-22(15)2)18-20-17(21-24-18)12-4-3-7-19-9-12/h3-10H,1-2H3. The summed E-state index contributed by atoms with van der Waals surface area (Å²) in [6.07, 6.45) is 5.04. The minimum atomic E-state index is -0.117. The van der Waals surface area contributed by atoms with E-state index in [1.807, 2.05) is 42.8 Å². The first kappa shape index (κ1) is 14.3. The van der Waals surface area contributed by atoms with Crippen LogP contribution >= 0.6 is 0 Å². The highest BCUT2D eigenvalue weighted by atomic mass is 16.5. The average Bonchev–Trinajstić information content (AvgIpc) is 3.08. The van der Waals surface area contributed by atoms with E-state index in [1.165, 1.54) is 0 Å². The van der Waals surface area contributed by atoms with Crippen LogP contribution in [0.4, 0.5) is 0 Å². The number of hydrogen-bond acceptors (Lipinski definition) is 5. The molecule has 0 atom stereocenters. The van der Waals surface area contributed by atoms with Gasteiger partial charge < -0.3 is 9.09 Å². The molecule has 0 amide bonds. The van der Waals surface area contributed by atoms with Gasteiger partial charge in [-0.15, -0.1) is 0 Å². The van der Waals surface area contributed by atoms with Crippen molar-refractivity contribution in [3.8, 4) is 22.8 Å². The van der Waals surface area contributed by atoms with Crippen LogP contribution in [-0.4, -0.2) is 19.7 Å². The molecule has 0 saturated carbocycles. The van der Waals surface area contributed by atoms with Crippen molar-refractivity contribution in [1.29, 1.82) is 0 Å². The molecule has 3 heterocycles. The Morgan fingerprint density at radius 1 is 1.21 bits per heavy atom. The third-order valence-electron chi connectivity index (χ3n) is 3.92. The summed E-state index contributed by atoms with van der Waals surface area (Å²) < 4.78 is 7.21. The van der Waals surface area contributed by atoms with E-state index in [-0.39, 0.29) is 11.3 Å². The summed E-state index contributed by atoms with van der Waals surface area (Å²) in [6.45, 7) is 1.96. The maximum absolute atomic E-state index is 12.8. The van der Waals surface area contributed by atoms with Gasteiger partial charge in [-0.2, -0.15) is 4.98 Å². The van der Waals surface area contributed by atoms with E-state index in [2.05, 4.69) is 15.1 Å². The molecule has 4 aromatic rings. The Kier molecular flexibility index (Phi) is 3.23. The molecule has 3 aromatic heterocycles. The Balaban J connectivity index is 1.90. The van der Waals surface area contributed by atoms with E-state index < -0.39 is 0 Å². The Morgan fingerprint density at radius 2 is 2.08 bits per heavy atom. The highest BCUT2D eigenvalue weighted by molar-refractivity contribution is 5.83. The first-order valence-corrected chi connectivity index (χ1v) is 7.48. The third-order valence-corrected chi connectivity index (χ3v) is 3.92. The Bertz CT molecular complexity index is 1100. The van der Waals surface area contributed by atoms with Crippen molar-refractivity contribution in [2.24, 2.45) is 7.05 Å². The Hall–Kier alpha value is -3.28. The molecule has 0 bridgehead atoms. The van der Waals surface area contributed by atoms with E-state index >= 15 is 0 Å². The van der Waals surface area contributed by atoms with Gasteiger partial charge in [0.15, 0.2) is 0 Å². The maximum Gasteiger partial charge on any atom is 0.263 e. The van der Waals surface area contributed by atoms with Crippen molar-refractivity contribution in [2.45, 2.75) is 6.92 Å². The minimum absolute atomic E-state index is 0.117. The SMILES string of the molecule is Cc1ccc2c(c1)c(=O)c(-c1nc(-c3cccnc3)no1)cn2C. The number of rotatable bonds is 2. The van der Waals surface area contributed by atoms with Gasteiger partial charge in [-0.25, -0.2) is 0 Å². The molecule has 0 aliphatic heterocycles. The second-order valence-corrected chi connectivity index (χ2v) is 5.67. The highest BCUT2D eigenvalue weighted by Crippen LogP contribution is 2.22. The van der Waals surface area contributed by atoms with Gasteiger partial charge in [-0.3, -0.25) is 9.78 Å². The fourth-order valence-corrected chi connectivity index (χ4v) is 2.70. The highest BCUT2D eigenvalue weighted by Gasteiger charge is 2.16. The lowest BCUT2D eigenvalue weighted by Gasteiger charge is -2.07. The van der Waals surface area contributed by atoms with Crippen LogP contribution in [-0.2, 0) is 7.05 Å². The molecular formula is C18H14N4O2. The predicted octanol–water partition coefficient (Wildman–Crippen LogP) is 2.96. The molecule has 0 saturated heterocycles. The largest absolute Gasteiger partial charge is 0.350 e. The number of pyridine rings is 2. The van der Waals surface area contributed by atoms with Crippen LogP contribution in [0.15, 0.2) is 58.2 Å². The predicted molar refractivity (Wildman–Crippen MR) is 90.4 cm³/mol. The molecule has 0 N–H and O–H groups in total. The van der Waals surface area contributed by atoms with Crippen LogP contribution in [0.2, 0.25) is 0 Å². The average molecular weight is 318 g/mol. The summed E-state index contributed by atoms with van der Waals surface area (Å²) >= 11 is 0. The smallest absolute Gasteiger partial charge is 0.263 e. The molecule has 0 aliphatic carbocycles. The second-order valence-electron chi connectivity index (χ2n) is 5.67. The van der Waals surface area contributed by atoms with E-state index in [1.54, 1.807) is 24.7 Å².